The van der Waals surface area contributed by atoms with Crippen LogP contribution in [0.15, 0.2) is 12.1 Å². The lowest BCUT2D eigenvalue weighted by molar-refractivity contribution is 0.459. The van der Waals surface area contributed by atoms with Crippen molar-refractivity contribution in [3.05, 3.63) is 23.5 Å². The van der Waals surface area contributed by atoms with Crippen molar-refractivity contribution in [2.24, 2.45) is 5.14 Å². The van der Waals surface area contributed by atoms with Gasteiger partial charge in [-0.2, -0.15) is 0 Å². The zero-order chi connectivity index (χ0) is 12.9. The van der Waals surface area contributed by atoms with Crippen LogP contribution in [0.2, 0.25) is 0 Å². The van der Waals surface area contributed by atoms with Crippen molar-refractivity contribution < 1.29 is 13.5 Å². The van der Waals surface area contributed by atoms with E-state index in [1.54, 1.807) is 12.1 Å². The summed E-state index contributed by atoms with van der Waals surface area (Å²) in [5.74, 6) is 0.0855. The van der Waals surface area contributed by atoms with Crippen LogP contribution in [-0.2, 0) is 16.6 Å². The number of nitrogens with one attached hydrogen (secondary N) is 1. The van der Waals surface area contributed by atoms with E-state index < -0.39 is 10.0 Å². The molecule has 0 fully saturated rings. The predicted octanol–water partition coefficient (Wildman–Crippen LogP) is -0.136. The minimum Gasteiger partial charge on any atom is -0.506 e. The van der Waals surface area contributed by atoms with Gasteiger partial charge in [0.15, 0.2) is 0 Å². The first-order valence-corrected chi connectivity index (χ1v) is 6.97. The first-order chi connectivity index (χ1) is 7.88. The highest BCUT2D eigenvalue weighted by Gasteiger charge is 2.04. The van der Waals surface area contributed by atoms with Crippen LogP contribution >= 0.6 is 0 Å². The van der Waals surface area contributed by atoms with Crippen LogP contribution in [0.1, 0.15) is 17.8 Å². The van der Waals surface area contributed by atoms with Crippen LogP contribution in [0.3, 0.4) is 0 Å². The van der Waals surface area contributed by atoms with Gasteiger partial charge in [-0.3, -0.25) is 4.98 Å². The highest BCUT2D eigenvalue weighted by Crippen LogP contribution is 2.13. The van der Waals surface area contributed by atoms with E-state index in [-0.39, 0.29) is 11.5 Å². The molecule has 0 radical (unpaired) electrons. The maximum Gasteiger partial charge on any atom is 0.209 e. The van der Waals surface area contributed by atoms with Crippen molar-refractivity contribution in [1.82, 2.24) is 10.3 Å². The molecule has 0 atom stereocenters. The maximum absolute atomic E-state index is 10.7. The number of hydrogen-bond donors (Lipinski definition) is 3. The molecule has 0 aliphatic rings. The molecule has 17 heavy (non-hydrogen) atoms. The standard InChI is InChI=1S/C10H17N3O3S/c1-8-3-4-10(14)9(13-8)7-12-5-2-6-17(11,15)16/h3-4,12,14H,2,5-7H2,1H3,(H2,11,15,16). The number of primary sulfonamides is 1. The van der Waals surface area contributed by atoms with Gasteiger partial charge >= 0.3 is 0 Å². The summed E-state index contributed by atoms with van der Waals surface area (Å²) in [5.41, 5.74) is 1.38. The highest BCUT2D eigenvalue weighted by molar-refractivity contribution is 7.89. The largest absolute Gasteiger partial charge is 0.506 e. The van der Waals surface area contributed by atoms with E-state index in [0.29, 0.717) is 25.2 Å². The Hall–Kier alpha value is -1.18. The molecule has 1 aromatic heterocycles. The number of aromatic nitrogens is 1. The van der Waals surface area contributed by atoms with Crippen LogP contribution in [0.4, 0.5) is 0 Å². The van der Waals surface area contributed by atoms with Crippen molar-refractivity contribution >= 4 is 10.0 Å². The molecule has 1 rings (SSSR count). The van der Waals surface area contributed by atoms with Crippen molar-refractivity contribution in [1.29, 1.82) is 0 Å². The van der Waals surface area contributed by atoms with Crippen LogP contribution in [0.25, 0.3) is 0 Å². The van der Waals surface area contributed by atoms with Crippen molar-refractivity contribution in [2.75, 3.05) is 12.3 Å². The van der Waals surface area contributed by atoms with E-state index in [9.17, 15) is 13.5 Å². The summed E-state index contributed by atoms with van der Waals surface area (Å²) in [6, 6.07) is 3.31. The minimum atomic E-state index is -3.39. The number of sulfonamides is 1. The van der Waals surface area contributed by atoms with Gasteiger partial charge in [0.25, 0.3) is 0 Å². The molecule has 0 aromatic carbocycles. The van der Waals surface area contributed by atoms with Gasteiger partial charge in [-0.25, -0.2) is 13.6 Å². The van der Waals surface area contributed by atoms with E-state index in [1.807, 2.05) is 6.92 Å². The Morgan fingerprint density at radius 2 is 2.18 bits per heavy atom. The SMILES string of the molecule is Cc1ccc(O)c(CNCCCS(N)(=O)=O)n1. The minimum absolute atomic E-state index is 0.0484. The van der Waals surface area contributed by atoms with E-state index in [2.05, 4.69) is 10.3 Å². The van der Waals surface area contributed by atoms with Crippen molar-refractivity contribution in [3.63, 3.8) is 0 Å². The van der Waals surface area contributed by atoms with E-state index in [4.69, 9.17) is 5.14 Å². The van der Waals surface area contributed by atoms with Gasteiger partial charge in [0.2, 0.25) is 10.0 Å². The number of pyridine rings is 1. The first kappa shape index (κ1) is 13.9. The molecule has 0 amide bonds. The number of aromatic hydroxyl groups is 1. The molecule has 4 N–H and O–H groups in total. The summed E-state index contributed by atoms with van der Waals surface area (Å²) in [4.78, 5) is 4.16. The average molecular weight is 259 g/mol. The predicted molar refractivity (Wildman–Crippen MR) is 64.9 cm³/mol. The topological polar surface area (TPSA) is 105 Å². The molecule has 0 bridgehead atoms. The fourth-order valence-corrected chi connectivity index (χ4v) is 1.89. The lowest BCUT2D eigenvalue weighted by Gasteiger charge is -2.06. The number of hydrogen-bond acceptors (Lipinski definition) is 5. The number of aryl methyl sites for hydroxylation is 1. The first-order valence-electron chi connectivity index (χ1n) is 5.25. The van der Waals surface area contributed by atoms with Gasteiger partial charge in [0.05, 0.1) is 11.4 Å². The Labute approximate surface area is 101 Å². The molecular weight excluding hydrogens is 242 g/mol. The number of nitrogens with zero attached hydrogens (tertiary/aromatic N) is 1. The fourth-order valence-electron chi connectivity index (χ4n) is 1.34. The Morgan fingerprint density at radius 1 is 1.47 bits per heavy atom. The third-order valence-electron chi connectivity index (χ3n) is 2.16. The second kappa shape index (κ2) is 5.95. The van der Waals surface area contributed by atoms with Crippen LogP contribution in [0.5, 0.6) is 5.75 Å². The fraction of sp³-hybridized carbons (Fsp3) is 0.500. The summed E-state index contributed by atoms with van der Waals surface area (Å²) in [7, 11) is -3.39. The smallest absolute Gasteiger partial charge is 0.209 e. The Morgan fingerprint density at radius 3 is 2.82 bits per heavy atom. The van der Waals surface area contributed by atoms with Gasteiger partial charge in [-0.05, 0) is 32.0 Å². The Kier molecular flexibility index (Phi) is 4.86. The molecule has 0 saturated heterocycles. The molecule has 0 aliphatic carbocycles. The maximum atomic E-state index is 10.7. The molecule has 0 aliphatic heterocycles. The average Bonchev–Trinajstić information content (AvgIpc) is 2.21. The van der Waals surface area contributed by atoms with Crippen molar-refractivity contribution in [3.8, 4) is 5.75 Å². The van der Waals surface area contributed by atoms with E-state index >= 15 is 0 Å². The molecule has 0 unspecified atom stereocenters. The molecule has 1 aromatic rings. The normalized spacial score (nSPS) is 11.6. The summed E-state index contributed by atoms with van der Waals surface area (Å²) >= 11 is 0. The molecule has 96 valence electrons. The molecular formula is C10H17N3O3S. The third-order valence-corrected chi connectivity index (χ3v) is 3.02. The molecule has 0 spiro atoms. The number of nitrogens with two attached hydrogens (primary N) is 1. The zero-order valence-electron chi connectivity index (χ0n) is 9.68. The second-order valence-electron chi connectivity index (χ2n) is 3.82. The van der Waals surface area contributed by atoms with Gasteiger partial charge < -0.3 is 10.4 Å². The second-order valence-corrected chi connectivity index (χ2v) is 5.55. The van der Waals surface area contributed by atoms with Gasteiger partial charge in [-0.1, -0.05) is 0 Å². The molecule has 6 nitrogen and oxygen atoms in total. The lowest BCUT2D eigenvalue weighted by Crippen LogP contribution is -2.22. The summed E-state index contributed by atoms with van der Waals surface area (Å²) < 4.78 is 21.3. The highest BCUT2D eigenvalue weighted by atomic mass is 32.2. The summed E-state index contributed by atoms with van der Waals surface area (Å²) in [6.07, 6.45) is 0.436. The molecule has 0 saturated carbocycles. The van der Waals surface area contributed by atoms with Gasteiger partial charge in [0.1, 0.15) is 5.75 Å². The van der Waals surface area contributed by atoms with E-state index in [1.165, 1.54) is 0 Å². The van der Waals surface area contributed by atoms with Crippen LogP contribution in [0, 0.1) is 6.92 Å². The number of rotatable bonds is 6. The quantitative estimate of drug-likeness (QED) is 0.617. The summed E-state index contributed by atoms with van der Waals surface area (Å²) in [6.45, 7) is 2.74. The Balaban J connectivity index is 2.34. The van der Waals surface area contributed by atoms with Crippen LogP contribution in [-0.4, -0.2) is 30.8 Å². The Bertz CT molecular complexity index is 474. The zero-order valence-corrected chi connectivity index (χ0v) is 10.5. The molecule has 1 heterocycles. The van der Waals surface area contributed by atoms with Gasteiger partial charge in [0, 0.05) is 12.2 Å². The van der Waals surface area contributed by atoms with Gasteiger partial charge in [-0.15, -0.1) is 0 Å². The lowest BCUT2D eigenvalue weighted by atomic mass is 10.3. The van der Waals surface area contributed by atoms with Crippen molar-refractivity contribution in [2.45, 2.75) is 19.9 Å². The van der Waals surface area contributed by atoms with E-state index in [0.717, 1.165) is 5.69 Å². The summed E-state index contributed by atoms with van der Waals surface area (Å²) in [5, 5.41) is 17.4. The third kappa shape index (κ3) is 5.62. The van der Waals surface area contributed by atoms with Crippen LogP contribution < -0.4 is 10.5 Å². The molecule has 7 heteroatoms. The monoisotopic (exact) mass is 259 g/mol.